The van der Waals surface area contributed by atoms with Crippen molar-refractivity contribution in [3.05, 3.63) is 52.0 Å². The van der Waals surface area contributed by atoms with Gasteiger partial charge in [-0.1, -0.05) is 0 Å². The average Bonchev–Trinajstić information content (AvgIpc) is 2.78. The lowest BCUT2D eigenvalue weighted by molar-refractivity contribution is -0.384. The quantitative estimate of drug-likeness (QED) is 0.417. The normalized spacial score (nSPS) is 13.9. The lowest BCUT2D eigenvalue weighted by Crippen LogP contribution is -2.42. The number of nitro groups is 1. The second-order valence-corrected chi connectivity index (χ2v) is 7.19. The van der Waals surface area contributed by atoms with E-state index in [0.29, 0.717) is 36.7 Å². The van der Waals surface area contributed by atoms with Gasteiger partial charge in [-0.3, -0.25) is 19.7 Å². The summed E-state index contributed by atoms with van der Waals surface area (Å²) >= 11 is 0. The predicted octanol–water partition coefficient (Wildman–Crippen LogP) is 1.54. The molecule has 1 aliphatic rings. The molecular weight excluding hydrogens is 402 g/mol. The molecule has 3 rings (SSSR count). The number of aromatic nitrogens is 2. The molecule has 1 aromatic carbocycles. The predicted molar refractivity (Wildman–Crippen MR) is 111 cm³/mol. The van der Waals surface area contributed by atoms with E-state index < -0.39 is 16.7 Å². The van der Waals surface area contributed by atoms with Crippen molar-refractivity contribution in [2.75, 3.05) is 29.9 Å². The molecule has 2 aromatic rings. The summed E-state index contributed by atoms with van der Waals surface area (Å²) in [5, 5.41) is 25.1. The molecule has 2 heterocycles. The Morgan fingerprint density at radius 2 is 1.97 bits per heavy atom. The zero-order valence-electron chi connectivity index (χ0n) is 16.9. The molecule has 11 heteroatoms. The molecule has 0 radical (unpaired) electrons. The monoisotopic (exact) mass is 423 g/mol. The molecule has 0 bridgehead atoms. The number of benzene rings is 1. The van der Waals surface area contributed by atoms with Crippen LogP contribution in [0.1, 0.15) is 24.1 Å². The van der Waals surface area contributed by atoms with Gasteiger partial charge in [0.05, 0.1) is 4.92 Å². The van der Waals surface area contributed by atoms with Gasteiger partial charge in [0.15, 0.2) is 11.5 Å². The van der Waals surface area contributed by atoms with Crippen molar-refractivity contribution >= 4 is 29.0 Å². The fourth-order valence-corrected chi connectivity index (χ4v) is 3.39. The first-order valence-corrected chi connectivity index (χ1v) is 9.69. The molecule has 2 amide bonds. The average molecular weight is 423 g/mol. The highest BCUT2D eigenvalue weighted by Gasteiger charge is 2.24. The zero-order valence-corrected chi connectivity index (χ0v) is 16.9. The summed E-state index contributed by atoms with van der Waals surface area (Å²) in [7, 11) is 0. The first-order valence-electron chi connectivity index (χ1n) is 9.69. The smallest absolute Gasteiger partial charge is 0.313 e. The van der Waals surface area contributed by atoms with E-state index in [9.17, 15) is 19.7 Å². The number of carbonyl (C=O) groups is 2. The van der Waals surface area contributed by atoms with Crippen LogP contribution in [0.3, 0.4) is 0 Å². The minimum absolute atomic E-state index is 0.0883. The first kappa shape index (κ1) is 21.6. The molecule has 1 saturated heterocycles. The number of rotatable bonds is 5. The molecular formula is C20H21N7O4. The van der Waals surface area contributed by atoms with Crippen molar-refractivity contribution in [2.45, 2.75) is 19.8 Å². The molecule has 1 fully saturated rings. The van der Waals surface area contributed by atoms with E-state index in [4.69, 9.17) is 5.26 Å². The standard InChI is InChI=1S/C20H21N7O4/c1-13-10-15(27(30)31)2-3-16(13)25-20(29)19(28)24-12-14-4-8-26(9-5-14)18-17(11-21)22-6-7-23-18/h2-3,6-7,10,14H,4-5,8-9,12H2,1H3,(H,24,28)(H,25,29). The van der Waals surface area contributed by atoms with E-state index in [1.807, 2.05) is 11.0 Å². The Morgan fingerprint density at radius 3 is 2.61 bits per heavy atom. The van der Waals surface area contributed by atoms with Gasteiger partial charge in [-0.2, -0.15) is 5.26 Å². The van der Waals surface area contributed by atoms with Gasteiger partial charge in [-0.05, 0) is 37.3 Å². The van der Waals surface area contributed by atoms with Gasteiger partial charge in [0.25, 0.3) is 5.69 Å². The summed E-state index contributed by atoms with van der Waals surface area (Å²) in [6.45, 7) is 3.30. The third-order valence-electron chi connectivity index (χ3n) is 5.13. The maximum absolute atomic E-state index is 12.2. The van der Waals surface area contributed by atoms with Crippen molar-refractivity contribution in [3.63, 3.8) is 0 Å². The molecule has 1 aliphatic heterocycles. The van der Waals surface area contributed by atoms with E-state index in [-0.39, 0.29) is 17.3 Å². The van der Waals surface area contributed by atoms with E-state index in [1.165, 1.54) is 24.4 Å². The largest absolute Gasteiger partial charge is 0.354 e. The number of nitro benzene ring substituents is 1. The lowest BCUT2D eigenvalue weighted by Gasteiger charge is -2.32. The summed E-state index contributed by atoms with van der Waals surface area (Å²) in [6, 6.07) is 6.03. The second kappa shape index (κ2) is 9.62. The van der Waals surface area contributed by atoms with Gasteiger partial charge in [-0.25, -0.2) is 9.97 Å². The number of amides is 2. The van der Waals surface area contributed by atoms with Crippen molar-refractivity contribution in [1.29, 1.82) is 5.26 Å². The Labute approximate surface area is 178 Å². The van der Waals surface area contributed by atoms with E-state index in [0.717, 1.165) is 12.8 Å². The van der Waals surface area contributed by atoms with Crippen molar-refractivity contribution in [3.8, 4) is 6.07 Å². The molecule has 1 aromatic heterocycles. The molecule has 160 valence electrons. The van der Waals surface area contributed by atoms with E-state index in [2.05, 4.69) is 20.6 Å². The number of carbonyl (C=O) groups excluding carboxylic acids is 2. The zero-order chi connectivity index (χ0) is 22.4. The molecule has 0 atom stereocenters. The number of piperidine rings is 1. The van der Waals surface area contributed by atoms with Crippen LogP contribution in [0.4, 0.5) is 17.2 Å². The summed E-state index contributed by atoms with van der Waals surface area (Å²) in [4.78, 5) is 44.8. The lowest BCUT2D eigenvalue weighted by atomic mass is 9.96. The third kappa shape index (κ3) is 5.30. The van der Waals surface area contributed by atoms with Crippen LogP contribution in [-0.2, 0) is 9.59 Å². The van der Waals surface area contributed by atoms with Crippen molar-refractivity contribution in [1.82, 2.24) is 15.3 Å². The molecule has 0 spiro atoms. The number of nitriles is 1. The number of aryl methyl sites for hydroxylation is 1. The number of non-ortho nitro benzene ring substituents is 1. The molecule has 2 N–H and O–H groups in total. The van der Waals surface area contributed by atoms with Crippen LogP contribution in [0.25, 0.3) is 0 Å². The molecule has 11 nitrogen and oxygen atoms in total. The SMILES string of the molecule is Cc1cc([N+](=O)[O-])ccc1NC(=O)C(=O)NCC1CCN(c2nccnc2C#N)CC1. The maximum Gasteiger partial charge on any atom is 0.313 e. The van der Waals surface area contributed by atoms with Crippen LogP contribution in [0.2, 0.25) is 0 Å². The van der Waals surface area contributed by atoms with Gasteiger partial charge in [0.2, 0.25) is 0 Å². The number of hydrogen-bond acceptors (Lipinski definition) is 8. The number of nitrogens with one attached hydrogen (secondary N) is 2. The van der Waals surface area contributed by atoms with Gasteiger partial charge in [0.1, 0.15) is 6.07 Å². The van der Waals surface area contributed by atoms with Gasteiger partial charge < -0.3 is 15.5 Å². The minimum atomic E-state index is -0.826. The second-order valence-electron chi connectivity index (χ2n) is 7.19. The van der Waals surface area contributed by atoms with Crippen LogP contribution in [0.5, 0.6) is 0 Å². The summed E-state index contributed by atoms with van der Waals surface area (Å²) in [5.41, 5.74) is 1.03. The summed E-state index contributed by atoms with van der Waals surface area (Å²) in [5.74, 6) is -0.838. The Hall–Kier alpha value is -4.07. The van der Waals surface area contributed by atoms with E-state index in [1.54, 1.807) is 13.1 Å². The van der Waals surface area contributed by atoms with Crippen molar-refractivity contribution < 1.29 is 14.5 Å². The highest BCUT2D eigenvalue weighted by atomic mass is 16.6. The summed E-state index contributed by atoms with van der Waals surface area (Å²) in [6.07, 6.45) is 4.57. The van der Waals surface area contributed by atoms with Crippen LogP contribution < -0.4 is 15.5 Å². The molecule has 31 heavy (non-hydrogen) atoms. The highest BCUT2D eigenvalue weighted by molar-refractivity contribution is 6.39. The summed E-state index contributed by atoms with van der Waals surface area (Å²) < 4.78 is 0. The van der Waals surface area contributed by atoms with Crippen LogP contribution >= 0.6 is 0 Å². The van der Waals surface area contributed by atoms with Gasteiger partial charge >= 0.3 is 11.8 Å². The minimum Gasteiger partial charge on any atom is -0.354 e. The fourth-order valence-electron chi connectivity index (χ4n) is 3.39. The highest BCUT2D eigenvalue weighted by Crippen LogP contribution is 2.23. The van der Waals surface area contributed by atoms with Gasteiger partial charge in [0, 0.05) is 49.8 Å². The molecule has 0 unspecified atom stereocenters. The maximum atomic E-state index is 12.2. The van der Waals surface area contributed by atoms with Crippen LogP contribution in [0, 0.1) is 34.3 Å². The Kier molecular flexibility index (Phi) is 6.71. The Balaban J connectivity index is 1.47. The Bertz CT molecular complexity index is 1040. The number of nitrogens with zero attached hydrogens (tertiary/aromatic N) is 5. The van der Waals surface area contributed by atoms with E-state index >= 15 is 0 Å². The number of anilines is 2. The number of hydrogen-bond donors (Lipinski definition) is 2. The molecule has 0 saturated carbocycles. The van der Waals surface area contributed by atoms with Crippen LogP contribution in [-0.4, -0.2) is 46.3 Å². The van der Waals surface area contributed by atoms with Gasteiger partial charge in [-0.15, -0.1) is 0 Å². The molecule has 0 aliphatic carbocycles. The van der Waals surface area contributed by atoms with Crippen LogP contribution in [0.15, 0.2) is 30.6 Å². The Morgan fingerprint density at radius 1 is 1.26 bits per heavy atom. The fraction of sp³-hybridized carbons (Fsp3) is 0.350. The topological polar surface area (TPSA) is 154 Å². The van der Waals surface area contributed by atoms with Crippen molar-refractivity contribution in [2.24, 2.45) is 5.92 Å². The third-order valence-corrected chi connectivity index (χ3v) is 5.13. The first-order chi connectivity index (χ1) is 14.9.